The van der Waals surface area contributed by atoms with Crippen molar-refractivity contribution in [1.82, 2.24) is 4.98 Å². The van der Waals surface area contributed by atoms with E-state index in [-0.39, 0.29) is 17.8 Å². The molecule has 0 aliphatic rings. The largest absolute Gasteiger partial charge is 0.481 e. The van der Waals surface area contributed by atoms with E-state index in [2.05, 4.69) is 4.98 Å². The molecule has 0 fully saturated rings. The van der Waals surface area contributed by atoms with Crippen LogP contribution in [-0.2, 0) is 17.8 Å². The van der Waals surface area contributed by atoms with Gasteiger partial charge in [0.1, 0.15) is 0 Å². The normalized spacial score (nSPS) is 10.8. The van der Waals surface area contributed by atoms with Crippen LogP contribution in [0.5, 0.6) is 0 Å². The van der Waals surface area contributed by atoms with E-state index in [1.54, 1.807) is 0 Å². The van der Waals surface area contributed by atoms with Gasteiger partial charge in [0.15, 0.2) is 0 Å². The van der Waals surface area contributed by atoms with Crippen molar-refractivity contribution in [3.05, 3.63) is 28.8 Å². The molecule has 0 aromatic carbocycles. The molecule has 1 aromatic heterocycles. The highest BCUT2D eigenvalue weighted by atomic mass is 19.3. The highest BCUT2D eigenvalue weighted by molar-refractivity contribution is 5.70. The minimum Gasteiger partial charge on any atom is -0.481 e. The van der Waals surface area contributed by atoms with Crippen LogP contribution in [-0.4, -0.2) is 16.1 Å². The van der Waals surface area contributed by atoms with E-state index in [4.69, 9.17) is 10.8 Å². The zero-order valence-electron chi connectivity index (χ0n) is 8.08. The van der Waals surface area contributed by atoms with Gasteiger partial charge in [0.05, 0.1) is 17.7 Å². The van der Waals surface area contributed by atoms with Gasteiger partial charge < -0.3 is 10.8 Å². The third kappa shape index (κ3) is 2.69. The van der Waals surface area contributed by atoms with Gasteiger partial charge in [0, 0.05) is 6.54 Å². The maximum absolute atomic E-state index is 13.0. The maximum Gasteiger partial charge on any atom is 0.309 e. The van der Waals surface area contributed by atoms with Gasteiger partial charge in [0.25, 0.3) is 6.43 Å². The van der Waals surface area contributed by atoms with Gasteiger partial charge in [-0.15, -0.1) is 0 Å². The SMILES string of the molecule is NCc1cc(C(F)F)c(F)nc1CC(=O)O. The van der Waals surface area contributed by atoms with E-state index in [1.165, 1.54) is 0 Å². The van der Waals surface area contributed by atoms with Gasteiger partial charge in [0.2, 0.25) is 5.95 Å². The quantitative estimate of drug-likeness (QED) is 0.768. The van der Waals surface area contributed by atoms with Crippen molar-refractivity contribution in [2.45, 2.75) is 19.4 Å². The Kier molecular flexibility index (Phi) is 3.83. The summed E-state index contributed by atoms with van der Waals surface area (Å²) in [7, 11) is 0. The van der Waals surface area contributed by atoms with Crippen molar-refractivity contribution >= 4 is 5.97 Å². The molecule has 0 bridgehead atoms. The zero-order valence-corrected chi connectivity index (χ0v) is 8.08. The number of carboxylic acid groups (broad SMARTS) is 1. The average Bonchev–Trinajstić information content (AvgIpc) is 2.16. The van der Waals surface area contributed by atoms with Gasteiger partial charge in [-0.1, -0.05) is 0 Å². The Morgan fingerprint density at radius 1 is 1.56 bits per heavy atom. The first-order valence-electron chi connectivity index (χ1n) is 4.34. The molecule has 4 nitrogen and oxygen atoms in total. The van der Waals surface area contributed by atoms with Crippen LogP contribution in [0.25, 0.3) is 0 Å². The second kappa shape index (κ2) is 4.93. The minimum atomic E-state index is -3.00. The standard InChI is InChI=1S/C9H9F3N2O2/c10-8(11)5-1-4(3-13)6(2-7(15)16)14-9(5)12/h1,8H,2-3,13H2,(H,15,16). The molecule has 7 heteroatoms. The molecule has 0 atom stereocenters. The Bertz CT molecular complexity index is 410. The van der Waals surface area contributed by atoms with Crippen LogP contribution in [0.2, 0.25) is 0 Å². The summed E-state index contributed by atoms with van der Waals surface area (Å²) in [6, 6.07) is 0.852. The summed E-state index contributed by atoms with van der Waals surface area (Å²) in [5, 5.41) is 8.50. The summed E-state index contributed by atoms with van der Waals surface area (Å²) in [4.78, 5) is 13.6. The average molecular weight is 234 g/mol. The Morgan fingerprint density at radius 2 is 2.19 bits per heavy atom. The first-order valence-corrected chi connectivity index (χ1v) is 4.34. The molecule has 88 valence electrons. The molecule has 0 aliphatic carbocycles. The highest BCUT2D eigenvalue weighted by Gasteiger charge is 2.19. The Morgan fingerprint density at radius 3 is 2.62 bits per heavy atom. The van der Waals surface area contributed by atoms with E-state index in [9.17, 15) is 18.0 Å². The fourth-order valence-corrected chi connectivity index (χ4v) is 1.21. The molecular formula is C9H9F3N2O2. The Hall–Kier alpha value is -1.63. The lowest BCUT2D eigenvalue weighted by atomic mass is 10.1. The van der Waals surface area contributed by atoms with E-state index in [0.717, 1.165) is 6.07 Å². The molecule has 0 saturated heterocycles. The molecule has 1 aromatic rings. The lowest BCUT2D eigenvalue weighted by Crippen LogP contribution is -2.12. The maximum atomic E-state index is 13.0. The van der Waals surface area contributed by atoms with Gasteiger partial charge in [-0.05, 0) is 11.6 Å². The number of alkyl halides is 2. The number of carbonyl (C=O) groups is 1. The molecule has 0 aliphatic heterocycles. The van der Waals surface area contributed by atoms with Gasteiger partial charge in [-0.25, -0.2) is 13.8 Å². The molecule has 0 unspecified atom stereocenters. The van der Waals surface area contributed by atoms with Crippen LogP contribution < -0.4 is 5.73 Å². The number of aromatic nitrogens is 1. The van der Waals surface area contributed by atoms with E-state index in [0.29, 0.717) is 0 Å². The second-order valence-corrected chi connectivity index (χ2v) is 3.05. The molecular weight excluding hydrogens is 225 g/mol. The van der Waals surface area contributed by atoms with Crippen LogP contribution in [0, 0.1) is 5.95 Å². The predicted molar refractivity (Wildman–Crippen MR) is 48.4 cm³/mol. The monoisotopic (exact) mass is 234 g/mol. The van der Waals surface area contributed by atoms with E-state index in [1.807, 2.05) is 0 Å². The molecule has 1 rings (SSSR count). The fourth-order valence-electron chi connectivity index (χ4n) is 1.21. The minimum absolute atomic E-state index is 0.110. The van der Waals surface area contributed by atoms with Crippen molar-refractivity contribution in [3.8, 4) is 0 Å². The Balaban J connectivity index is 3.20. The van der Waals surface area contributed by atoms with E-state index >= 15 is 0 Å². The van der Waals surface area contributed by atoms with Crippen LogP contribution in [0.1, 0.15) is 23.2 Å². The molecule has 0 radical (unpaired) electrons. The fraction of sp³-hybridized carbons (Fsp3) is 0.333. The first-order chi connectivity index (χ1) is 7.45. The topological polar surface area (TPSA) is 76.2 Å². The number of hydrogen-bond donors (Lipinski definition) is 2. The number of nitrogens with zero attached hydrogens (tertiary/aromatic N) is 1. The number of carboxylic acids is 1. The lowest BCUT2D eigenvalue weighted by molar-refractivity contribution is -0.136. The van der Waals surface area contributed by atoms with Crippen LogP contribution in [0.4, 0.5) is 13.2 Å². The number of pyridine rings is 1. The third-order valence-electron chi connectivity index (χ3n) is 1.95. The molecule has 3 N–H and O–H groups in total. The summed E-state index contributed by atoms with van der Waals surface area (Å²) in [5.41, 5.74) is 4.36. The van der Waals surface area contributed by atoms with Crippen LogP contribution in [0.15, 0.2) is 6.07 Å². The van der Waals surface area contributed by atoms with Gasteiger partial charge in [-0.3, -0.25) is 4.79 Å². The molecule has 0 spiro atoms. The number of hydrogen-bond acceptors (Lipinski definition) is 3. The smallest absolute Gasteiger partial charge is 0.309 e. The molecule has 1 heterocycles. The van der Waals surface area contributed by atoms with Crippen LogP contribution >= 0.6 is 0 Å². The van der Waals surface area contributed by atoms with Gasteiger partial charge >= 0.3 is 5.97 Å². The van der Waals surface area contributed by atoms with E-state index < -0.39 is 30.3 Å². The summed E-state index contributed by atoms with van der Waals surface area (Å²) in [5.74, 6) is -2.59. The van der Waals surface area contributed by atoms with Crippen molar-refractivity contribution < 1.29 is 23.1 Å². The van der Waals surface area contributed by atoms with Crippen molar-refractivity contribution in [3.63, 3.8) is 0 Å². The number of rotatable bonds is 4. The summed E-state index contributed by atoms with van der Waals surface area (Å²) in [6.45, 7) is -0.171. The summed E-state index contributed by atoms with van der Waals surface area (Å²) < 4.78 is 37.6. The van der Waals surface area contributed by atoms with Crippen molar-refractivity contribution in [2.75, 3.05) is 0 Å². The summed E-state index contributed by atoms with van der Waals surface area (Å²) >= 11 is 0. The second-order valence-electron chi connectivity index (χ2n) is 3.05. The Labute approximate surface area is 88.9 Å². The molecule has 0 saturated carbocycles. The third-order valence-corrected chi connectivity index (χ3v) is 1.95. The van der Waals surface area contributed by atoms with Crippen molar-refractivity contribution in [2.24, 2.45) is 5.73 Å². The number of halogens is 3. The predicted octanol–water partition coefficient (Wildman–Crippen LogP) is 1.24. The number of aliphatic carboxylic acids is 1. The van der Waals surface area contributed by atoms with Gasteiger partial charge in [-0.2, -0.15) is 4.39 Å². The highest BCUT2D eigenvalue weighted by Crippen LogP contribution is 2.23. The van der Waals surface area contributed by atoms with Crippen molar-refractivity contribution in [1.29, 1.82) is 0 Å². The lowest BCUT2D eigenvalue weighted by Gasteiger charge is -2.08. The first kappa shape index (κ1) is 12.4. The molecule has 0 amide bonds. The molecule has 16 heavy (non-hydrogen) atoms. The summed E-state index contributed by atoms with van der Waals surface area (Å²) in [6.07, 6.45) is -3.55. The van der Waals surface area contributed by atoms with Crippen LogP contribution in [0.3, 0.4) is 0 Å². The number of nitrogens with two attached hydrogens (primary N) is 1. The zero-order chi connectivity index (χ0) is 12.3.